The van der Waals surface area contributed by atoms with Gasteiger partial charge >= 0.3 is 0 Å². The number of aromatic nitrogens is 1. The third-order valence-electron chi connectivity index (χ3n) is 3.69. The fourth-order valence-electron chi connectivity index (χ4n) is 2.55. The Morgan fingerprint density at radius 2 is 2.15 bits per heavy atom. The van der Waals surface area contributed by atoms with E-state index in [1.165, 1.54) is 5.56 Å². The van der Waals surface area contributed by atoms with E-state index in [0.29, 0.717) is 12.1 Å². The molecule has 1 aliphatic rings. The lowest BCUT2D eigenvalue weighted by molar-refractivity contribution is 0.0458. The lowest BCUT2D eigenvalue weighted by Crippen LogP contribution is -2.37. The largest absolute Gasteiger partial charge is 0.378 e. The van der Waals surface area contributed by atoms with E-state index in [-0.39, 0.29) is 0 Å². The fraction of sp³-hybridized carbons (Fsp3) is 0.688. The van der Waals surface area contributed by atoms with Crippen LogP contribution in [0.25, 0.3) is 0 Å². The highest BCUT2D eigenvalue weighted by atomic mass is 16.5. The Bertz CT molecular complexity index is 400. The summed E-state index contributed by atoms with van der Waals surface area (Å²) in [7, 11) is 0. The Kier molecular flexibility index (Phi) is 5.80. The summed E-state index contributed by atoms with van der Waals surface area (Å²) in [6.07, 6.45) is 4.55. The molecular weight excluding hydrogens is 250 g/mol. The molecule has 0 saturated carbocycles. The molecule has 1 fully saturated rings. The normalized spacial score (nSPS) is 16.9. The highest BCUT2D eigenvalue weighted by Gasteiger charge is 2.20. The van der Waals surface area contributed by atoms with Gasteiger partial charge in [-0.3, -0.25) is 0 Å². The van der Waals surface area contributed by atoms with Crippen LogP contribution in [0.3, 0.4) is 0 Å². The van der Waals surface area contributed by atoms with Gasteiger partial charge in [-0.25, -0.2) is 4.98 Å². The molecule has 4 heteroatoms. The summed E-state index contributed by atoms with van der Waals surface area (Å²) >= 11 is 0. The highest BCUT2D eigenvalue weighted by Crippen LogP contribution is 2.20. The van der Waals surface area contributed by atoms with Gasteiger partial charge in [0.25, 0.3) is 0 Å². The average molecular weight is 277 g/mol. The van der Waals surface area contributed by atoms with Crippen LogP contribution in [0.4, 0.5) is 5.82 Å². The van der Waals surface area contributed by atoms with Crippen molar-refractivity contribution < 1.29 is 4.74 Å². The van der Waals surface area contributed by atoms with E-state index in [9.17, 15) is 0 Å². The first-order valence-corrected chi connectivity index (χ1v) is 7.74. The maximum absolute atomic E-state index is 5.70. The SMILES string of the molecule is CCOC1CCN(c2cc(CNC(C)C)ccn2)CC1. The van der Waals surface area contributed by atoms with Gasteiger partial charge in [0.05, 0.1) is 6.10 Å². The maximum atomic E-state index is 5.70. The molecule has 112 valence electrons. The highest BCUT2D eigenvalue weighted by molar-refractivity contribution is 5.41. The van der Waals surface area contributed by atoms with Crippen LogP contribution >= 0.6 is 0 Å². The maximum Gasteiger partial charge on any atom is 0.128 e. The summed E-state index contributed by atoms with van der Waals surface area (Å²) in [5.74, 6) is 1.10. The number of anilines is 1. The fourth-order valence-corrected chi connectivity index (χ4v) is 2.55. The molecule has 1 saturated heterocycles. The molecule has 0 bridgehead atoms. The summed E-state index contributed by atoms with van der Waals surface area (Å²) in [5.41, 5.74) is 1.30. The molecule has 4 nitrogen and oxygen atoms in total. The van der Waals surface area contributed by atoms with Crippen molar-refractivity contribution in [2.24, 2.45) is 0 Å². The van der Waals surface area contributed by atoms with E-state index >= 15 is 0 Å². The Labute approximate surface area is 122 Å². The molecule has 0 aromatic carbocycles. The third-order valence-corrected chi connectivity index (χ3v) is 3.69. The van der Waals surface area contributed by atoms with Crippen LogP contribution in [-0.4, -0.2) is 36.8 Å². The molecule has 1 N–H and O–H groups in total. The molecule has 2 heterocycles. The summed E-state index contributed by atoms with van der Waals surface area (Å²) in [6.45, 7) is 10.2. The molecule has 1 aromatic heterocycles. The summed E-state index contributed by atoms with van der Waals surface area (Å²) in [4.78, 5) is 6.89. The molecule has 0 amide bonds. The zero-order valence-electron chi connectivity index (χ0n) is 12.9. The standard InChI is InChI=1S/C16H27N3O/c1-4-20-15-6-9-19(10-7-15)16-11-14(5-8-17-16)12-18-13(2)3/h5,8,11,13,15,18H,4,6-7,9-10,12H2,1-3H3. The van der Waals surface area contributed by atoms with Gasteiger partial charge < -0.3 is 15.0 Å². The van der Waals surface area contributed by atoms with Gasteiger partial charge in [-0.05, 0) is 37.5 Å². The monoisotopic (exact) mass is 277 g/mol. The summed E-state index contributed by atoms with van der Waals surface area (Å²) in [5, 5.41) is 3.45. The van der Waals surface area contributed by atoms with E-state index < -0.39 is 0 Å². The molecule has 20 heavy (non-hydrogen) atoms. The van der Waals surface area contributed by atoms with Crippen molar-refractivity contribution in [3.8, 4) is 0 Å². The number of ether oxygens (including phenoxy) is 1. The van der Waals surface area contributed by atoms with Crippen molar-refractivity contribution in [2.45, 2.75) is 52.3 Å². The topological polar surface area (TPSA) is 37.4 Å². The van der Waals surface area contributed by atoms with Crippen LogP contribution < -0.4 is 10.2 Å². The minimum absolute atomic E-state index is 0.432. The van der Waals surface area contributed by atoms with Crippen LogP contribution in [-0.2, 0) is 11.3 Å². The molecular formula is C16H27N3O. The second-order valence-corrected chi connectivity index (χ2v) is 5.70. The summed E-state index contributed by atoms with van der Waals surface area (Å²) < 4.78 is 5.70. The predicted octanol–water partition coefficient (Wildman–Crippen LogP) is 2.58. The minimum atomic E-state index is 0.432. The van der Waals surface area contributed by atoms with Crippen molar-refractivity contribution in [1.82, 2.24) is 10.3 Å². The van der Waals surface area contributed by atoms with Gasteiger partial charge in [0.1, 0.15) is 5.82 Å². The van der Waals surface area contributed by atoms with Gasteiger partial charge in [-0.2, -0.15) is 0 Å². The van der Waals surface area contributed by atoms with Crippen LogP contribution in [0.1, 0.15) is 39.2 Å². The van der Waals surface area contributed by atoms with E-state index in [2.05, 4.69) is 48.1 Å². The Balaban J connectivity index is 1.91. The molecule has 1 aromatic rings. The van der Waals surface area contributed by atoms with Gasteiger partial charge in [0.2, 0.25) is 0 Å². The second-order valence-electron chi connectivity index (χ2n) is 5.70. The summed E-state index contributed by atoms with van der Waals surface area (Å²) in [6, 6.07) is 4.80. The molecule has 0 aliphatic carbocycles. The lowest BCUT2D eigenvalue weighted by Gasteiger charge is -2.32. The lowest BCUT2D eigenvalue weighted by atomic mass is 10.1. The van der Waals surface area contributed by atoms with Crippen LogP contribution in [0, 0.1) is 0 Å². The molecule has 0 unspecified atom stereocenters. The number of nitrogens with one attached hydrogen (secondary N) is 1. The van der Waals surface area contributed by atoms with Crippen molar-refractivity contribution >= 4 is 5.82 Å². The Hall–Kier alpha value is -1.13. The molecule has 0 spiro atoms. The number of piperidine rings is 1. The van der Waals surface area contributed by atoms with Crippen molar-refractivity contribution in [3.05, 3.63) is 23.9 Å². The van der Waals surface area contributed by atoms with Crippen LogP contribution in [0.15, 0.2) is 18.3 Å². The first-order chi connectivity index (χ1) is 9.69. The number of hydrogen-bond acceptors (Lipinski definition) is 4. The van der Waals surface area contributed by atoms with Gasteiger partial charge in [0, 0.05) is 38.5 Å². The van der Waals surface area contributed by atoms with E-state index in [4.69, 9.17) is 4.74 Å². The van der Waals surface area contributed by atoms with Gasteiger partial charge in [-0.15, -0.1) is 0 Å². The van der Waals surface area contributed by atoms with Crippen molar-refractivity contribution in [2.75, 3.05) is 24.6 Å². The number of nitrogens with zero attached hydrogens (tertiary/aromatic N) is 2. The zero-order chi connectivity index (χ0) is 14.4. The first-order valence-electron chi connectivity index (χ1n) is 7.74. The Morgan fingerprint density at radius 1 is 1.40 bits per heavy atom. The average Bonchev–Trinajstić information content (AvgIpc) is 2.47. The number of hydrogen-bond donors (Lipinski definition) is 1. The third kappa shape index (κ3) is 4.46. The van der Waals surface area contributed by atoms with E-state index in [1.54, 1.807) is 0 Å². The number of pyridine rings is 1. The van der Waals surface area contributed by atoms with Crippen LogP contribution in [0.5, 0.6) is 0 Å². The van der Waals surface area contributed by atoms with Crippen molar-refractivity contribution in [3.63, 3.8) is 0 Å². The van der Waals surface area contributed by atoms with Crippen LogP contribution in [0.2, 0.25) is 0 Å². The number of rotatable bonds is 6. The van der Waals surface area contributed by atoms with E-state index in [0.717, 1.165) is 44.9 Å². The second kappa shape index (κ2) is 7.60. The quantitative estimate of drug-likeness (QED) is 0.867. The van der Waals surface area contributed by atoms with E-state index in [1.807, 2.05) is 6.20 Å². The predicted molar refractivity (Wildman–Crippen MR) is 83.1 cm³/mol. The zero-order valence-corrected chi connectivity index (χ0v) is 12.9. The minimum Gasteiger partial charge on any atom is -0.378 e. The first kappa shape index (κ1) is 15.3. The molecule has 2 rings (SSSR count). The van der Waals surface area contributed by atoms with Gasteiger partial charge in [-0.1, -0.05) is 13.8 Å². The Morgan fingerprint density at radius 3 is 2.80 bits per heavy atom. The van der Waals surface area contributed by atoms with Gasteiger partial charge in [0.15, 0.2) is 0 Å². The van der Waals surface area contributed by atoms with Crippen molar-refractivity contribution in [1.29, 1.82) is 0 Å². The molecule has 1 aliphatic heterocycles. The smallest absolute Gasteiger partial charge is 0.128 e. The molecule has 0 atom stereocenters. The molecule has 0 radical (unpaired) electrons.